The monoisotopic (exact) mass is 403 g/mol. The molecule has 3 nitrogen and oxygen atoms in total. The predicted octanol–water partition coefficient (Wildman–Crippen LogP) is 9.21. The third kappa shape index (κ3) is 5.41. The van der Waals surface area contributed by atoms with Crippen LogP contribution in [0.4, 0.5) is 5.69 Å². The van der Waals surface area contributed by atoms with Gasteiger partial charge in [0.15, 0.2) is 0 Å². The van der Waals surface area contributed by atoms with Crippen molar-refractivity contribution < 1.29 is 4.92 Å². The second-order valence-corrected chi connectivity index (χ2v) is 8.54. The Labute approximate surface area is 179 Å². The summed E-state index contributed by atoms with van der Waals surface area (Å²) in [6.45, 7) is 17.6. The fourth-order valence-electron chi connectivity index (χ4n) is 5.32. The normalized spacial score (nSPS) is 12.0. The van der Waals surface area contributed by atoms with Gasteiger partial charge in [-0.25, -0.2) is 0 Å². The van der Waals surface area contributed by atoms with Crippen LogP contribution in [0.1, 0.15) is 153 Å². The molecule has 166 valence electrons. The molecule has 1 rings (SSSR count). The van der Waals surface area contributed by atoms with Gasteiger partial charge in [-0.3, -0.25) is 10.1 Å². The van der Waals surface area contributed by atoms with Crippen LogP contribution in [0.2, 0.25) is 0 Å². The van der Waals surface area contributed by atoms with Crippen LogP contribution in [-0.2, 0) is 0 Å². The minimum absolute atomic E-state index is 0.0287. The largest absolute Gasteiger partial charge is 0.276 e. The molecular formula is C26H45NO2. The first-order valence-corrected chi connectivity index (χ1v) is 12.2. The van der Waals surface area contributed by atoms with Crippen LogP contribution >= 0.6 is 0 Å². The van der Waals surface area contributed by atoms with Gasteiger partial charge in [-0.2, -0.15) is 0 Å². The third-order valence-electron chi connectivity index (χ3n) is 7.26. The Morgan fingerprint density at radius 2 is 0.897 bits per heavy atom. The predicted molar refractivity (Wildman–Crippen MR) is 126 cm³/mol. The molecule has 0 heterocycles. The fourth-order valence-corrected chi connectivity index (χ4v) is 5.32. The number of nitro benzene ring substituents is 1. The van der Waals surface area contributed by atoms with Gasteiger partial charge in [-0.05, 0) is 86.2 Å². The minimum atomic E-state index is -0.0287. The summed E-state index contributed by atoms with van der Waals surface area (Å²) in [6.07, 6.45) is 7.96. The lowest BCUT2D eigenvalue weighted by Gasteiger charge is -2.30. The van der Waals surface area contributed by atoms with E-state index in [1.165, 1.54) is 11.1 Å². The first-order valence-electron chi connectivity index (χ1n) is 12.2. The van der Waals surface area contributed by atoms with Gasteiger partial charge in [-0.1, -0.05) is 61.5 Å². The van der Waals surface area contributed by atoms with Gasteiger partial charge in [0.2, 0.25) is 0 Å². The first kappa shape index (κ1) is 25.7. The second-order valence-electron chi connectivity index (χ2n) is 8.54. The highest BCUT2D eigenvalue weighted by Gasteiger charge is 2.35. The van der Waals surface area contributed by atoms with Crippen molar-refractivity contribution in [3.63, 3.8) is 0 Å². The summed E-state index contributed by atoms with van der Waals surface area (Å²) >= 11 is 0. The van der Waals surface area contributed by atoms with Crippen LogP contribution in [-0.4, -0.2) is 4.92 Å². The van der Waals surface area contributed by atoms with Crippen LogP contribution < -0.4 is 0 Å². The minimum Gasteiger partial charge on any atom is -0.258 e. The van der Waals surface area contributed by atoms with E-state index in [4.69, 9.17) is 0 Å². The standard InChI is InChI=1S/C26H45NO2/c1-9-18(10-2)22-17-23(19(11-3)12-4)25(21(15-7)16-8)26(27(28)29)24(22)20(13-5)14-6/h17-21H,9-16H2,1-8H3. The van der Waals surface area contributed by atoms with Crippen molar-refractivity contribution in [1.82, 2.24) is 0 Å². The second kappa shape index (κ2) is 12.3. The molecule has 0 aromatic heterocycles. The Kier molecular flexibility index (Phi) is 10.9. The van der Waals surface area contributed by atoms with Crippen LogP contribution in [0, 0.1) is 10.1 Å². The number of hydrogen-bond acceptors (Lipinski definition) is 2. The van der Waals surface area contributed by atoms with Crippen LogP contribution in [0.15, 0.2) is 6.07 Å². The Balaban J connectivity index is 4.17. The summed E-state index contributed by atoms with van der Waals surface area (Å²) < 4.78 is 0. The summed E-state index contributed by atoms with van der Waals surface area (Å²) in [5, 5.41) is 12.6. The van der Waals surface area contributed by atoms with Crippen molar-refractivity contribution >= 4 is 5.69 Å². The quantitative estimate of drug-likeness (QED) is 0.243. The molecule has 0 radical (unpaired) electrons. The Morgan fingerprint density at radius 1 is 0.621 bits per heavy atom. The molecule has 0 fully saturated rings. The summed E-state index contributed by atoms with van der Waals surface area (Å²) in [5.41, 5.74) is 5.13. The molecule has 0 saturated carbocycles. The number of rotatable bonds is 13. The highest BCUT2D eigenvalue weighted by molar-refractivity contribution is 5.60. The van der Waals surface area contributed by atoms with Crippen molar-refractivity contribution in [2.75, 3.05) is 0 Å². The number of nitrogens with zero attached hydrogens (tertiary/aromatic N) is 1. The zero-order valence-corrected chi connectivity index (χ0v) is 20.3. The molecule has 29 heavy (non-hydrogen) atoms. The molecule has 0 N–H and O–H groups in total. The molecule has 0 unspecified atom stereocenters. The van der Waals surface area contributed by atoms with E-state index in [2.05, 4.69) is 61.5 Å². The van der Waals surface area contributed by atoms with E-state index in [9.17, 15) is 10.1 Å². The van der Waals surface area contributed by atoms with E-state index >= 15 is 0 Å². The zero-order chi connectivity index (χ0) is 22.1. The van der Waals surface area contributed by atoms with Crippen LogP contribution in [0.5, 0.6) is 0 Å². The average Bonchev–Trinajstić information content (AvgIpc) is 2.72. The molecule has 3 heteroatoms. The number of hydrogen-bond donors (Lipinski definition) is 0. The highest BCUT2D eigenvalue weighted by atomic mass is 16.6. The van der Waals surface area contributed by atoms with Gasteiger partial charge < -0.3 is 0 Å². The van der Waals surface area contributed by atoms with Gasteiger partial charge >= 0.3 is 0 Å². The molecular weight excluding hydrogens is 358 g/mol. The Morgan fingerprint density at radius 3 is 1.10 bits per heavy atom. The lowest BCUT2D eigenvalue weighted by molar-refractivity contribution is -0.386. The van der Waals surface area contributed by atoms with E-state index in [1.807, 2.05) is 0 Å². The highest BCUT2D eigenvalue weighted by Crippen LogP contribution is 2.48. The van der Waals surface area contributed by atoms with Crippen molar-refractivity contribution in [1.29, 1.82) is 0 Å². The van der Waals surface area contributed by atoms with Crippen molar-refractivity contribution in [3.05, 3.63) is 38.4 Å². The van der Waals surface area contributed by atoms with Gasteiger partial charge in [0.1, 0.15) is 0 Å². The Hall–Kier alpha value is -1.38. The van der Waals surface area contributed by atoms with E-state index < -0.39 is 0 Å². The summed E-state index contributed by atoms with van der Waals surface area (Å²) in [7, 11) is 0. The van der Waals surface area contributed by atoms with E-state index in [-0.39, 0.29) is 16.8 Å². The van der Waals surface area contributed by atoms with Gasteiger partial charge in [0.25, 0.3) is 5.69 Å². The molecule has 0 saturated heterocycles. The van der Waals surface area contributed by atoms with Crippen LogP contribution in [0.3, 0.4) is 0 Å². The number of nitro groups is 1. The first-order chi connectivity index (χ1) is 13.9. The number of benzene rings is 1. The lowest BCUT2D eigenvalue weighted by atomic mass is 9.73. The molecule has 0 aliphatic heterocycles. The van der Waals surface area contributed by atoms with Gasteiger partial charge in [0, 0.05) is 11.1 Å². The molecule has 0 bridgehead atoms. The smallest absolute Gasteiger partial charge is 0.258 e. The maximum atomic E-state index is 12.6. The molecule has 0 amide bonds. The lowest BCUT2D eigenvalue weighted by Crippen LogP contribution is -2.17. The van der Waals surface area contributed by atoms with Crippen molar-refractivity contribution in [3.8, 4) is 0 Å². The SMILES string of the molecule is CCC(CC)c1cc(C(CC)CC)c(C(CC)CC)c([N+](=O)[O-])c1C(CC)CC. The van der Waals surface area contributed by atoms with E-state index in [0.717, 1.165) is 62.5 Å². The summed E-state index contributed by atoms with van der Waals surface area (Å²) in [6, 6.07) is 2.42. The molecule has 1 aromatic carbocycles. The Bertz CT molecular complexity index is 590. The fraction of sp³-hybridized carbons (Fsp3) is 0.769. The van der Waals surface area contributed by atoms with Gasteiger partial charge in [-0.15, -0.1) is 0 Å². The van der Waals surface area contributed by atoms with Crippen molar-refractivity contribution in [2.45, 2.75) is 130 Å². The van der Waals surface area contributed by atoms with Crippen LogP contribution in [0.25, 0.3) is 0 Å². The van der Waals surface area contributed by atoms with Gasteiger partial charge in [0.05, 0.1) is 4.92 Å². The third-order valence-corrected chi connectivity index (χ3v) is 7.26. The topological polar surface area (TPSA) is 43.1 Å². The van der Waals surface area contributed by atoms with Crippen molar-refractivity contribution in [2.24, 2.45) is 0 Å². The molecule has 0 aliphatic rings. The molecule has 0 aliphatic carbocycles. The maximum absolute atomic E-state index is 12.6. The maximum Gasteiger partial charge on any atom is 0.276 e. The molecule has 1 aromatic rings. The average molecular weight is 404 g/mol. The summed E-state index contributed by atoms with van der Waals surface area (Å²) in [5.74, 6) is 1.31. The van der Waals surface area contributed by atoms with E-state index in [0.29, 0.717) is 17.5 Å². The summed E-state index contributed by atoms with van der Waals surface area (Å²) in [4.78, 5) is 12.6. The zero-order valence-electron chi connectivity index (χ0n) is 20.3. The molecule has 0 atom stereocenters. The molecule has 0 spiro atoms. The van der Waals surface area contributed by atoms with E-state index in [1.54, 1.807) is 0 Å².